The zero-order valence-corrected chi connectivity index (χ0v) is 16.4. The summed E-state index contributed by atoms with van der Waals surface area (Å²) in [4.78, 5) is 15.5. The van der Waals surface area contributed by atoms with Gasteiger partial charge in [-0.05, 0) is 58.0 Å². The molecule has 0 aliphatic heterocycles. The smallest absolute Gasteiger partial charge is 0.252 e. The van der Waals surface area contributed by atoms with E-state index in [0.717, 1.165) is 29.5 Å². The van der Waals surface area contributed by atoms with Crippen molar-refractivity contribution in [2.75, 3.05) is 14.1 Å². The van der Waals surface area contributed by atoms with E-state index in [0.29, 0.717) is 0 Å². The van der Waals surface area contributed by atoms with Crippen molar-refractivity contribution in [3.63, 3.8) is 0 Å². The van der Waals surface area contributed by atoms with Crippen LogP contribution in [0, 0.1) is 13.8 Å². The Morgan fingerprint density at radius 3 is 2.31 bits per heavy atom. The molecular formula is C23H30N2O. The van der Waals surface area contributed by atoms with E-state index in [1.54, 1.807) is 0 Å². The van der Waals surface area contributed by atoms with Gasteiger partial charge >= 0.3 is 0 Å². The van der Waals surface area contributed by atoms with Gasteiger partial charge in [-0.1, -0.05) is 60.9 Å². The minimum atomic E-state index is -0.0330. The summed E-state index contributed by atoms with van der Waals surface area (Å²) in [6.45, 7) is 4.03. The minimum absolute atomic E-state index is 0.0198. The number of carbonyl (C=O) groups is 1. The highest BCUT2D eigenvalue weighted by Gasteiger charge is 2.44. The molecule has 2 aromatic carbocycles. The van der Waals surface area contributed by atoms with Gasteiger partial charge in [0.2, 0.25) is 0 Å². The van der Waals surface area contributed by atoms with E-state index in [1.165, 1.54) is 18.4 Å². The van der Waals surface area contributed by atoms with Crippen molar-refractivity contribution < 1.29 is 4.79 Å². The SMILES string of the molecule is Cc1ccc(C)c(C(=O)NC(c2ccccc2)C2(N(C)C)CCCC2)c1. The van der Waals surface area contributed by atoms with Crippen molar-refractivity contribution in [3.8, 4) is 0 Å². The molecule has 1 amide bonds. The molecule has 1 unspecified atom stereocenters. The quantitative estimate of drug-likeness (QED) is 0.851. The molecule has 0 saturated heterocycles. The third-order valence-corrected chi connectivity index (χ3v) is 5.94. The van der Waals surface area contributed by atoms with E-state index in [9.17, 15) is 4.79 Å². The van der Waals surface area contributed by atoms with Gasteiger partial charge in [0, 0.05) is 11.1 Å². The van der Waals surface area contributed by atoms with Crippen LogP contribution in [0.2, 0.25) is 0 Å². The van der Waals surface area contributed by atoms with Crippen molar-refractivity contribution in [2.45, 2.75) is 51.1 Å². The number of hydrogen-bond acceptors (Lipinski definition) is 2. The van der Waals surface area contributed by atoms with E-state index >= 15 is 0 Å². The fourth-order valence-corrected chi connectivity index (χ4v) is 4.34. The summed E-state index contributed by atoms with van der Waals surface area (Å²) in [6, 6.07) is 16.5. The summed E-state index contributed by atoms with van der Waals surface area (Å²) < 4.78 is 0. The second kappa shape index (κ2) is 7.63. The monoisotopic (exact) mass is 350 g/mol. The van der Waals surface area contributed by atoms with Crippen molar-refractivity contribution in [1.29, 1.82) is 0 Å². The van der Waals surface area contributed by atoms with Crippen LogP contribution in [0.3, 0.4) is 0 Å². The summed E-state index contributed by atoms with van der Waals surface area (Å²) in [5.41, 5.74) is 4.05. The molecule has 1 atom stereocenters. The number of benzene rings is 2. The number of hydrogen-bond donors (Lipinski definition) is 1. The fourth-order valence-electron chi connectivity index (χ4n) is 4.34. The topological polar surface area (TPSA) is 32.3 Å². The molecule has 0 radical (unpaired) electrons. The standard InChI is InChI=1S/C23H30N2O/c1-17-12-13-18(2)20(16-17)22(26)24-21(19-10-6-5-7-11-19)23(25(3)4)14-8-9-15-23/h5-7,10-13,16,21H,8-9,14-15H2,1-4H3,(H,24,26). The maximum atomic E-state index is 13.2. The van der Waals surface area contributed by atoms with Crippen LogP contribution in [0.1, 0.15) is 58.8 Å². The molecular weight excluding hydrogens is 320 g/mol. The molecule has 0 bridgehead atoms. The average molecular weight is 351 g/mol. The van der Waals surface area contributed by atoms with E-state index in [-0.39, 0.29) is 17.5 Å². The van der Waals surface area contributed by atoms with Crippen LogP contribution in [0.15, 0.2) is 48.5 Å². The third-order valence-electron chi connectivity index (χ3n) is 5.94. The first-order chi connectivity index (χ1) is 12.4. The molecule has 1 N–H and O–H groups in total. The van der Waals surface area contributed by atoms with Crippen molar-refractivity contribution >= 4 is 5.91 Å². The molecule has 26 heavy (non-hydrogen) atoms. The van der Waals surface area contributed by atoms with Gasteiger partial charge in [0.1, 0.15) is 0 Å². The Bertz CT molecular complexity index is 761. The molecule has 1 aliphatic rings. The largest absolute Gasteiger partial charge is 0.343 e. The van der Waals surface area contributed by atoms with Crippen LogP contribution >= 0.6 is 0 Å². The van der Waals surface area contributed by atoms with E-state index in [2.05, 4.69) is 54.6 Å². The Hall–Kier alpha value is -2.13. The first-order valence-corrected chi connectivity index (χ1v) is 9.54. The predicted molar refractivity (Wildman–Crippen MR) is 107 cm³/mol. The van der Waals surface area contributed by atoms with Crippen LogP contribution in [0.5, 0.6) is 0 Å². The lowest BCUT2D eigenvalue weighted by Gasteiger charge is -2.44. The van der Waals surface area contributed by atoms with Crippen molar-refractivity contribution in [1.82, 2.24) is 10.2 Å². The first kappa shape index (κ1) is 18.7. The highest BCUT2D eigenvalue weighted by molar-refractivity contribution is 5.96. The Balaban J connectivity index is 1.99. The Morgan fingerprint density at radius 1 is 1.04 bits per heavy atom. The zero-order valence-electron chi connectivity index (χ0n) is 16.4. The lowest BCUT2D eigenvalue weighted by atomic mass is 9.82. The third kappa shape index (κ3) is 3.54. The van der Waals surface area contributed by atoms with Crippen molar-refractivity contribution in [3.05, 3.63) is 70.8 Å². The van der Waals surface area contributed by atoms with E-state index in [1.807, 2.05) is 32.0 Å². The number of likely N-dealkylation sites (N-methyl/N-ethyl adjacent to an activating group) is 1. The molecule has 3 rings (SSSR count). The first-order valence-electron chi connectivity index (χ1n) is 9.54. The molecule has 1 fully saturated rings. The predicted octanol–water partition coefficient (Wildman–Crippen LogP) is 4.65. The highest BCUT2D eigenvalue weighted by Crippen LogP contribution is 2.43. The van der Waals surface area contributed by atoms with E-state index < -0.39 is 0 Å². The summed E-state index contributed by atoms with van der Waals surface area (Å²) >= 11 is 0. The highest BCUT2D eigenvalue weighted by atomic mass is 16.1. The van der Waals surface area contributed by atoms with Gasteiger partial charge in [0.15, 0.2) is 0 Å². The molecule has 0 spiro atoms. The number of nitrogens with zero attached hydrogens (tertiary/aromatic N) is 1. The molecule has 3 heteroatoms. The summed E-state index contributed by atoms with van der Waals surface area (Å²) in [5, 5.41) is 3.40. The van der Waals surface area contributed by atoms with Crippen LogP contribution in [0.25, 0.3) is 0 Å². The molecule has 138 valence electrons. The summed E-state index contributed by atoms with van der Waals surface area (Å²) in [7, 11) is 4.29. The summed E-state index contributed by atoms with van der Waals surface area (Å²) in [6.07, 6.45) is 4.63. The Labute approximate surface area is 157 Å². The molecule has 0 heterocycles. The number of rotatable bonds is 5. The molecule has 3 nitrogen and oxygen atoms in total. The molecule has 0 aromatic heterocycles. The van der Waals surface area contributed by atoms with Crippen LogP contribution in [-0.2, 0) is 0 Å². The van der Waals surface area contributed by atoms with Gasteiger partial charge < -0.3 is 10.2 Å². The maximum absolute atomic E-state index is 13.2. The number of amides is 1. The Kier molecular flexibility index (Phi) is 5.47. The Morgan fingerprint density at radius 2 is 1.69 bits per heavy atom. The lowest BCUT2D eigenvalue weighted by molar-refractivity contribution is 0.0765. The maximum Gasteiger partial charge on any atom is 0.252 e. The van der Waals surface area contributed by atoms with Gasteiger partial charge in [-0.3, -0.25) is 4.79 Å². The van der Waals surface area contributed by atoms with Crippen LogP contribution in [0.4, 0.5) is 0 Å². The van der Waals surface area contributed by atoms with Crippen LogP contribution in [-0.4, -0.2) is 30.4 Å². The van der Waals surface area contributed by atoms with Gasteiger partial charge in [0.05, 0.1) is 6.04 Å². The zero-order chi connectivity index (χ0) is 18.7. The molecule has 2 aromatic rings. The number of nitrogens with one attached hydrogen (secondary N) is 1. The van der Waals surface area contributed by atoms with Crippen molar-refractivity contribution in [2.24, 2.45) is 0 Å². The number of carbonyl (C=O) groups excluding carboxylic acids is 1. The second-order valence-corrected chi connectivity index (χ2v) is 7.84. The van der Waals surface area contributed by atoms with Gasteiger partial charge in [0.25, 0.3) is 5.91 Å². The molecule has 1 aliphatic carbocycles. The van der Waals surface area contributed by atoms with Gasteiger partial charge in [-0.25, -0.2) is 0 Å². The second-order valence-electron chi connectivity index (χ2n) is 7.84. The number of aryl methyl sites for hydroxylation is 2. The van der Waals surface area contributed by atoms with E-state index in [4.69, 9.17) is 0 Å². The fraction of sp³-hybridized carbons (Fsp3) is 0.435. The lowest BCUT2D eigenvalue weighted by Crippen LogP contribution is -2.53. The van der Waals surface area contributed by atoms with Crippen LogP contribution < -0.4 is 5.32 Å². The average Bonchev–Trinajstić information content (AvgIpc) is 3.13. The normalized spacial score (nSPS) is 17.3. The van der Waals surface area contributed by atoms with Gasteiger partial charge in [-0.15, -0.1) is 0 Å². The minimum Gasteiger partial charge on any atom is -0.343 e. The van der Waals surface area contributed by atoms with Gasteiger partial charge in [-0.2, -0.15) is 0 Å². The summed E-state index contributed by atoms with van der Waals surface area (Å²) in [5.74, 6) is 0.0215. The molecule has 1 saturated carbocycles.